The second-order valence-electron chi connectivity index (χ2n) is 9.88. The van der Waals surface area contributed by atoms with Gasteiger partial charge in [0.25, 0.3) is 0 Å². The van der Waals surface area contributed by atoms with E-state index >= 15 is 0 Å². The van der Waals surface area contributed by atoms with Crippen molar-refractivity contribution in [1.29, 1.82) is 0 Å². The van der Waals surface area contributed by atoms with Gasteiger partial charge in [-0.15, -0.1) is 0 Å². The Morgan fingerprint density at radius 1 is 0.523 bits per heavy atom. The van der Waals surface area contributed by atoms with E-state index in [-0.39, 0.29) is 0 Å². The highest BCUT2D eigenvalue weighted by Gasteiger charge is 2.13. The largest absolute Gasteiger partial charge is 0.332 e. The summed E-state index contributed by atoms with van der Waals surface area (Å²) in [6.45, 7) is 2.84. The molecule has 44 heavy (non-hydrogen) atoms. The summed E-state index contributed by atoms with van der Waals surface area (Å²) >= 11 is 0. The van der Waals surface area contributed by atoms with Crippen LogP contribution in [0.2, 0.25) is 0 Å². The lowest BCUT2D eigenvalue weighted by molar-refractivity contribution is 0.180. The molecule has 3 aromatic heterocycles. The Labute approximate surface area is 258 Å². The first-order chi connectivity index (χ1) is 21.7. The third kappa shape index (κ3) is 7.10. The zero-order valence-electron chi connectivity index (χ0n) is 24.5. The zero-order valence-corrected chi connectivity index (χ0v) is 25.4. The highest BCUT2D eigenvalue weighted by molar-refractivity contribution is 7.41. The Kier molecular flexibility index (Phi) is 9.51. The lowest BCUT2D eigenvalue weighted by Crippen LogP contribution is -1.97. The molecule has 0 amide bonds. The molecule has 0 N–H and O–H groups in total. The Bertz CT molecular complexity index is 1680. The van der Waals surface area contributed by atoms with Crippen LogP contribution in [0.1, 0.15) is 12.5 Å². The number of benzene rings is 3. The van der Waals surface area contributed by atoms with Crippen molar-refractivity contribution in [3.8, 4) is 56.2 Å². The molecule has 3 heterocycles. The van der Waals surface area contributed by atoms with Crippen LogP contribution in [-0.2, 0) is 20.2 Å². The Hall–Kier alpha value is -4.65. The predicted molar refractivity (Wildman–Crippen MR) is 175 cm³/mol. The Morgan fingerprint density at radius 2 is 0.955 bits per heavy atom. The second-order valence-corrected chi connectivity index (χ2v) is 11.2. The molecular formula is C36H31N4O3P. The molecule has 0 saturated carbocycles. The van der Waals surface area contributed by atoms with Crippen LogP contribution in [0.15, 0.2) is 128 Å². The summed E-state index contributed by atoms with van der Waals surface area (Å²) in [4.78, 5) is 18.3. The van der Waals surface area contributed by atoms with E-state index in [4.69, 9.17) is 23.5 Å². The van der Waals surface area contributed by atoms with E-state index in [0.29, 0.717) is 19.0 Å². The van der Waals surface area contributed by atoms with E-state index in [2.05, 4.69) is 64.6 Å². The first-order valence-corrected chi connectivity index (χ1v) is 15.4. The van der Waals surface area contributed by atoms with Gasteiger partial charge in [0.15, 0.2) is 5.82 Å². The molecule has 8 heteroatoms. The Morgan fingerprint density at radius 3 is 1.41 bits per heavy atom. The minimum absolute atomic E-state index is 0.389. The first kappa shape index (κ1) is 29.4. The lowest BCUT2D eigenvalue weighted by Gasteiger charge is -2.13. The normalized spacial score (nSPS) is 11.8. The molecule has 0 radical (unpaired) electrons. The third-order valence-electron chi connectivity index (χ3n) is 7.05. The number of hydrogen-bond donors (Lipinski definition) is 0. The van der Waals surface area contributed by atoms with Crippen molar-refractivity contribution in [3.63, 3.8) is 0 Å². The minimum atomic E-state index is -1.36. The molecule has 0 fully saturated rings. The summed E-state index contributed by atoms with van der Waals surface area (Å²) in [5.74, 6) is 0.648. The average molecular weight is 599 g/mol. The summed E-state index contributed by atoms with van der Waals surface area (Å²) in [6, 6.07) is 35.0. The average Bonchev–Trinajstić information content (AvgIpc) is 3.11. The fourth-order valence-electron chi connectivity index (χ4n) is 4.75. The number of hydrogen-bond acceptors (Lipinski definition) is 7. The number of aromatic nitrogens is 4. The fraction of sp³-hybridized carbons (Fsp3) is 0.111. The van der Waals surface area contributed by atoms with E-state index in [1.807, 2.05) is 55.5 Å². The maximum absolute atomic E-state index is 5.78. The van der Waals surface area contributed by atoms with E-state index in [1.54, 1.807) is 31.9 Å². The smallest absolute Gasteiger partial charge is 0.316 e. The van der Waals surface area contributed by atoms with Crippen LogP contribution >= 0.6 is 8.60 Å². The SMILES string of the molecule is CCOP(OC)OCc1ccc(-c2nc(-c3ccc(-c4ccncc4)cc3)cc(-c3ccc(-c4ccncc4)cc3)n2)cc1. The fourth-order valence-corrected chi connectivity index (χ4v) is 5.50. The van der Waals surface area contributed by atoms with Crippen LogP contribution in [0.5, 0.6) is 0 Å². The van der Waals surface area contributed by atoms with Crippen molar-refractivity contribution in [3.05, 3.63) is 133 Å². The van der Waals surface area contributed by atoms with Gasteiger partial charge in [-0.25, -0.2) is 9.97 Å². The molecule has 0 aliphatic heterocycles. The molecule has 0 spiro atoms. The van der Waals surface area contributed by atoms with Gasteiger partial charge in [0, 0.05) is 48.6 Å². The maximum Gasteiger partial charge on any atom is 0.332 e. The van der Waals surface area contributed by atoms with Crippen molar-refractivity contribution >= 4 is 8.60 Å². The first-order valence-electron chi connectivity index (χ1n) is 14.3. The molecule has 0 saturated heterocycles. The van der Waals surface area contributed by atoms with E-state index in [0.717, 1.165) is 55.9 Å². The number of rotatable bonds is 11. The highest BCUT2D eigenvalue weighted by Crippen LogP contribution is 2.39. The van der Waals surface area contributed by atoms with Crippen LogP contribution in [0.4, 0.5) is 0 Å². The molecule has 0 aliphatic rings. The van der Waals surface area contributed by atoms with Gasteiger partial charge >= 0.3 is 8.60 Å². The number of nitrogens with zero attached hydrogens (tertiary/aromatic N) is 4. The summed E-state index contributed by atoms with van der Waals surface area (Å²) < 4.78 is 16.5. The molecule has 1 unspecified atom stereocenters. The van der Waals surface area contributed by atoms with Crippen molar-refractivity contribution in [2.45, 2.75) is 13.5 Å². The molecule has 218 valence electrons. The van der Waals surface area contributed by atoms with Gasteiger partial charge in [-0.1, -0.05) is 72.8 Å². The number of pyridine rings is 2. The van der Waals surface area contributed by atoms with Crippen molar-refractivity contribution in [2.24, 2.45) is 0 Å². The molecule has 6 aromatic rings. The van der Waals surface area contributed by atoms with Gasteiger partial charge in [-0.3, -0.25) is 9.97 Å². The third-order valence-corrected chi connectivity index (χ3v) is 8.15. The van der Waals surface area contributed by atoms with Gasteiger partial charge < -0.3 is 13.6 Å². The van der Waals surface area contributed by atoms with Gasteiger partial charge in [0.2, 0.25) is 0 Å². The van der Waals surface area contributed by atoms with Crippen LogP contribution in [-0.4, -0.2) is 33.7 Å². The van der Waals surface area contributed by atoms with Crippen molar-refractivity contribution < 1.29 is 13.6 Å². The zero-order chi connectivity index (χ0) is 30.1. The van der Waals surface area contributed by atoms with Gasteiger partial charge in [0.1, 0.15) is 0 Å². The van der Waals surface area contributed by atoms with Crippen LogP contribution in [0.25, 0.3) is 56.2 Å². The molecule has 6 rings (SSSR count). The van der Waals surface area contributed by atoms with Crippen molar-refractivity contribution in [2.75, 3.05) is 13.7 Å². The van der Waals surface area contributed by atoms with Crippen LogP contribution in [0, 0.1) is 0 Å². The minimum Gasteiger partial charge on any atom is -0.316 e. The summed E-state index contributed by atoms with van der Waals surface area (Å²) in [5.41, 5.74) is 10.1. The summed E-state index contributed by atoms with van der Waals surface area (Å²) in [7, 11) is 0.229. The van der Waals surface area contributed by atoms with E-state index < -0.39 is 8.60 Å². The lowest BCUT2D eigenvalue weighted by atomic mass is 10.0. The molecule has 3 aromatic carbocycles. The molecule has 0 aliphatic carbocycles. The van der Waals surface area contributed by atoms with Gasteiger partial charge in [-0.2, -0.15) is 0 Å². The molecule has 7 nitrogen and oxygen atoms in total. The topological polar surface area (TPSA) is 79.2 Å². The standard InChI is InChI=1S/C36H31N4O3P/c1-3-42-44(41-2)43-25-26-4-6-33(7-5-26)36-39-34(31-12-8-27(9-13-31)29-16-20-37-21-17-29)24-35(40-36)32-14-10-28(11-15-32)30-18-22-38-23-19-30/h4-24H,3,25H2,1-2H3. The van der Waals surface area contributed by atoms with E-state index in [1.165, 1.54) is 0 Å². The highest BCUT2D eigenvalue weighted by atomic mass is 31.2. The van der Waals surface area contributed by atoms with Gasteiger partial charge in [0.05, 0.1) is 24.6 Å². The maximum atomic E-state index is 5.78. The van der Waals surface area contributed by atoms with Crippen LogP contribution in [0.3, 0.4) is 0 Å². The van der Waals surface area contributed by atoms with Crippen LogP contribution < -0.4 is 0 Å². The van der Waals surface area contributed by atoms with Gasteiger partial charge in [-0.05, 0) is 65.1 Å². The second kappa shape index (κ2) is 14.2. The monoisotopic (exact) mass is 598 g/mol. The predicted octanol–water partition coefficient (Wildman–Crippen LogP) is 9.03. The van der Waals surface area contributed by atoms with Crippen molar-refractivity contribution in [1.82, 2.24) is 19.9 Å². The quantitative estimate of drug-likeness (QED) is 0.138. The molecular weight excluding hydrogens is 567 g/mol. The summed E-state index contributed by atoms with van der Waals surface area (Å²) in [5, 5.41) is 0. The summed E-state index contributed by atoms with van der Waals surface area (Å²) in [6.07, 6.45) is 7.22. The van der Waals surface area contributed by atoms with E-state index in [9.17, 15) is 0 Å². The molecule has 1 atom stereocenters. The Balaban J connectivity index is 1.33. The molecule has 0 bridgehead atoms.